The van der Waals surface area contributed by atoms with Gasteiger partial charge in [-0.05, 0) is 64.7 Å². The van der Waals surface area contributed by atoms with Gasteiger partial charge in [0.25, 0.3) is 5.56 Å². The van der Waals surface area contributed by atoms with E-state index in [-0.39, 0.29) is 23.3 Å². The van der Waals surface area contributed by atoms with Gasteiger partial charge in [0.1, 0.15) is 4.83 Å². The summed E-state index contributed by atoms with van der Waals surface area (Å²) in [5.41, 5.74) is 2.84. The zero-order valence-corrected chi connectivity index (χ0v) is 19.5. The summed E-state index contributed by atoms with van der Waals surface area (Å²) in [4.78, 5) is 35.0. The number of hydrogen-bond donors (Lipinski definition) is 0. The molecule has 1 aromatic carbocycles. The molecule has 1 amide bonds. The molecule has 3 heterocycles. The number of fused-ring (bicyclic) bond motifs is 1. The number of nitrogens with zero attached hydrogens (tertiary/aromatic N) is 3. The van der Waals surface area contributed by atoms with Crippen LogP contribution in [0.5, 0.6) is 0 Å². The smallest absolute Gasteiger partial charge is 0.267 e. The number of thiophene rings is 1. The molecule has 1 fully saturated rings. The Morgan fingerprint density at radius 2 is 1.93 bits per heavy atom. The Balaban J connectivity index is 1.74. The molecule has 3 aromatic rings. The fourth-order valence-corrected chi connectivity index (χ4v) is 5.94. The van der Waals surface area contributed by atoms with Crippen LogP contribution in [0.3, 0.4) is 0 Å². The molecule has 5 nitrogen and oxygen atoms in total. The average Bonchev–Trinajstić information content (AvgIpc) is 3.01. The third-order valence-corrected chi connectivity index (χ3v) is 7.94. The second kappa shape index (κ2) is 8.55. The number of rotatable bonds is 4. The monoisotopic (exact) mass is 441 g/mol. The zero-order chi connectivity index (χ0) is 21.4. The van der Waals surface area contributed by atoms with Gasteiger partial charge in [0.2, 0.25) is 5.91 Å². The number of benzene rings is 1. The first-order chi connectivity index (χ1) is 14.4. The minimum Gasteiger partial charge on any atom is -0.339 e. The van der Waals surface area contributed by atoms with Crippen LogP contribution in [0.15, 0.2) is 34.2 Å². The maximum atomic E-state index is 13.5. The number of hydrogen-bond acceptors (Lipinski definition) is 5. The van der Waals surface area contributed by atoms with Crippen molar-refractivity contribution < 1.29 is 4.79 Å². The van der Waals surface area contributed by atoms with E-state index >= 15 is 0 Å². The van der Waals surface area contributed by atoms with E-state index in [0.29, 0.717) is 10.5 Å². The lowest BCUT2D eigenvalue weighted by Gasteiger charge is -2.33. The first kappa shape index (κ1) is 21.1. The molecule has 7 heteroatoms. The maximum Gasteiger partial charge on any atom is 0.267 e. The highest BCUT2D eigenvalue weighted by Gasteiger charge is 2.24. The highest BCUT2D eigenvalue weighted by molar-refractivity contribution is 7.99. The van der Waals surface area contributed by atoms with Gasteiger partial charge in [-0.2, -0.15) is 0 Å². The lowest BCUT2D eigenvalue weighted by molar-refractivity contribution is -0.131. The van der Waals surface area contributed by atoms with Gasteiger partial charge in [-0.15, -0.1) is 11.3 Å². The van der Waals surface area contributed by atoms with Crippen LogP contribution in [0.1, 0.15) is 42.2 Å². The van der Waals surface area contributed by atoms with Crippen LogP contribution in [-0.4, -0.2) is 38.7 Å². The minimum absolute atomic E-state index is 0.0630. The molecular weight excluding hydrogens is 414 g/mol. The molecule has 0 saturated carbocycles. The van der Waals surface area contributed by atoms with E-state index in [1.54, 1.807) is 15.9 Å². The Labute approximate surface area is 185 Å². The molecule has 0 bridgehead atoms. The van der Waals surface area contributed by atoms with Crippen molar-refractivity contribution in [2.24, 2.45) is 0 Å². The van der Waals surface area contributed by atoms with Crippen molar-refractivity contribution >= 4 is 39.2 Å². The van der Waals surface area contributed by atoms with Crippen LogP contribution < -0.4 is 5.56 Å². The fraction of sp³-hybridized carbons (Fsp3) is 0.435. The molecule has 0 spiro atoms. The number of carbonyl (C=O) groups is 1. The van der Waals surface area contributed by atoms with E-state index in [9.17, 15) is 9.59 Å². The topological polar surface area (TPSA) is 55.2 Å². The minimum atomic E-state index is -0.0630. The normalized spacial score (nSPS) is 16.9. The standard InChI is InChI=1S/C23H27N3O2S2/c1-14-8-10-18(11-9-14)26-22(28)20-16(3)17(4)30-21(20)24-23(26)29-13-19(27)25-12-6-5-7-15(25)2/h8-11,15H,5-7,12-13H2,1-4H3/t15-/m0/s1. The van der Waals surface area contributed by atoms with Crippen LogP contribution in [0.25, 0.3) is 15.9 Å². The summed E-state index contributed by atoms with van der Waals surface area (Å²) in [6, 6.07) is 8.15. The molecule has 30 heavy (non-hydrogen) atoms. The molecule has 0 aliphatic carbocycles. The number of carbonyl (C=O) groups excluding carboxylic acids is 1. The van der Waals surface area contributed by atoms with Crippen LogP contribution in [0, 0.1) is 20.8 Å². The summed E-state index contributed by atoms with van der Waals surface area (Å²) < 4.78 is 1.67. The molecule has 0 radical (unpaired) electrons. The summed E-state index contributed by atoms with van der Waals surface area (Å²) in [6.07, 6.45) is 3.30. The van der Waals surface area contributed by atoms with Crippen molar-refractivity contribution in [2.45, 2.75) is 58.2 Å². The number of piperidine rings is 1. The van der Waals surface area contributed by atoms with Crippen LogP contribution >= 0.6 is 23.1 Å². The van der Waals surface area contributed by atoms with E-state index in [1.807, 2.05) is 49.9 Å². The van der Waals surface area contributed by atoms with Crippen LogP contribution in [0.2, 0.25) is 0 Å². The van der Waals surface area contributed by atoms with Gasteiger partial charge < -0.3 is 4.90 Å². The highest BCUT2D eigenvalue weighted by atomic mass is 32.2. The first-order valence-electron chi connectivity index (χ1n) is 10.4. The average molecular weight is 442 g/mol. The summed E-state index contributed by atoms with van der Waals surface area (Å²) in [5.74, 6) is 0.410. The fourth-order valence-electron chi connectivity index (χ4n) is 3.97. The van der Waals surface area contributed by atoms with E-state index in [2.05, 4.69) is 6.92 Å². The maximum absolute atomic E-state index is 13.5. The van der Waals surface area contributed by atoms with Crippen molar-refractivity contribution in [3.05, 3.63) is 50.6 Å². The Kier molecular flexibility index (Phi) is 6.02. The number of likely N-dealkylation sites (tertiary alicyclic amines) is 1. The summed E-state index contributed by atoms with van der Waals surface area (Å²) in [5, 5.41) is 1.26. The van der Waals surface area contributed by atoms with Gasteiger partial charge in [0, 0.05) is 17.5 Å². The second-order valence-electron chi connectivity index (χ2n) is 8.05. The quantitative estimate of drug-likeness (QED) is 0.428. The van der Waals surface area contributed by atoms with Crippen molar-refractivity contribution in [2.75, 3.05) is 12.3 Å². The van der Waals surface area contributed by atoms with Crippen molar-refractivity contribution in [3.8, 4) is 5.69 Å². The predicted molar refractivity (Wildman–Crippen MR) is 125 cm³/mol. The molecule has 4 rings (SSSR count). The van der Waals surface area contributed by atoms with Crippen molar-refractivity contribution in [3.63, 3.8) is 0 Å². The Morgan fingerprint density at radius 1 is 1.20 bits per heavy atom. The SMILES string of the molecule is Cc1ccc(-n2c(SCC(=O)N3CCCC[C@@H]3C)nc3sc(C)c(C)c3c2=O)cc1. The number of aromatic nitrogens is 2. The molecule has 158 valence electrons. The number of amides is 1. The molecule has 1 saturated heterocycles. The number of aryl methyl sites for hydroxylation is 3. The van der Waals surface area contributed by atoms with E-state index in [1.165, 1.54) is 18.2 Å². The Morgan fingerprint density at radius 3 is 2.63 bits per heavy atom. The molecule has 2 aromatic heterocycles. The second-order valence-corrected chi connectivity index (χ2v) is 10.2. The summed E-state index contributed by atoms with van der Waals surface area (Å²) >= 11 is 2.90. The lowest BCUT2D eigenvalue weighted by atomic mass is 10.0. The van der Waals surface area contributed by atoms with Gasteiger partial charge >= 0.3 is 0 Å². The Hall–Kier alpha value is -2.12. The van der Waals surface area contributed by atoms with Crippen LogP contribution in [0.4, 0.5) is 0 Å². The lowest BCUT2D eigenvalue weighted by Crippen LogP contribution is -2.43. The molecule has 1 aliphatic heterocycles. The summed E-state index contributed by atoms with van der Waals surface area (Å²) in [7, 11) is 0. The molecule has 1 aliphatic rings. The van der Waals surface area contributed by atoms with Gasteiger partial charge in [-0.25, -0.2) is 4.98 Å². The van der Waals surface area contributed by atoms with E-state index in [4.69, 9.17) is 4.98 Å². The van der Waals surface area contributed by atoms with Gasteiger partial charge in [-0.1, -0.05) is 29.5 Å². The van der Waals surface area contributed by atoms with Gasteiger partial charge in [-0.3, -0.25) is 14.2 Å². The largest absolute Gasteiger partial charge is 0.339 e. The van der Waals surface area contributed by atoms with Crippen molar-refractivity contribution in [1.82, 2.24) is 14.5 Å². The summed E-state index contributed by atoms with van der Waals surface area (Å²) in [6.45, 7) is 8.96. The third-order valence-electron chi connectivity index (χ3n) is 5.91. The van der Waals surface area contributed by atoms with E-state index < -0.39 is 0 Å². The predicted octanol–water partition coefficient (Wildman–Crippen LogP) is 4.87. The third kappa shape index (κ3) is 3.93. The molecule has 0 N–H and O–H groups in total. The number of thioether (sulfide) groups is 1. The Bertz CT molecular complexity index is 1150. The van der Waals surface area contributed by atoms with E-state index in [0.717, 1.165) is 45.9 Å². The van der Waals surface area contributed by atoms with Crippen molar-refractivity contribution in [1.29, 1.82) is 0 Å². The zero-order valence-electron chi connectivity index (χ0n) is 17.9. The molecular formula is C23H27N3O2S2. The van der Waals surface area contributed by atoms with Gasteiger partial charge in [0.05, 0.1) is 16.8 Å². The van der Waals surface area contributed by atoms with Gasteiger partial charge in [0.15, 0.2) is 5.16 Å². The highest BCUT2D eigenvalue weighted by Crippen LogP contribution is 2.30. The molecule has 0 unspecified atom stereocenters. The van der Waals surface area contributed by atoms with Crippen LogP contribution in [-0.2, 0) is 4.79 Å². The molecule has 1 atom stereocenters. The first-order valence-corrected chi connectivity index (χ1v) is 12.2.